The highest BCUT2D eigenvalue weighted by Gasteiger charge is 2.38. The summed E-state index contributed by atoms with van der Waals surface area (Å²) in [6.45, 7) is 4.82. The number of hydrogen-bond acceptors (Lipinski definition) is 3. The molecule has 2 unspecified atom stereocenters. The maximum absolute atomic E-state index is 12.9. The van der Waals surface area contributed by atoms with Crippen molar-refractivity contribution in [3.63, 3.8) is 0 Å². The van der Waals surface area contributed by atoms with Crippen molar-refractivity contribution < 1.29 is 4.79 Å². The molecule has 1 saturated heterocycles. The summed E-state index contributed by atoms with van der Waals surface area (Å²) < 4.78 is 0. The van der Waals surface area contributed by atoms with Crippen LogP contribution in [0.2, 0.25) is 0 Å². The lowest BCUT2D eigenvalue weighted by Crippen LogP contribution is -2.46. The number of likely N-dealkylation sites (tertiary alicyclic amines) is 1. The first-order chi connectivity index (χ1) is 9.70. The zero-order valence-electron chi connectivity index (χ0n) is 12.4. The first-order valence-electron chi connectivity index (χ1n) is 7.84. The van der Waals surface area contributed by atoms with Crippen LogP contribution in [0.25, 0.3) is 0 Å². The summed E-state index contributed by atoms with van der Waals surface area (Å²) in [7, 11) is 0. The van der Waals surface area contributed by atoms with E-state index in [0.29, 0.717) is 11.6 Å². The monoisotopic (exact) mass is 273 g/mol. The van der Waals surface area contributed by atoms with Gasteiger partial charge < -0.3 is 4.90 Å². The fourth-order valence-corrected chi connectivity index (χ4v) is 3.83. The Balaban J connectivity index is 1.88. The minimum atomic E-state index is 0.151. The molecule has 1 saturated carbocycles. The van der Waals surface area contributed by atoms with Crippen molar-refractivity contribution in [1.82, 2.24) is 14.9 Å². The van der Waals surface area contributed by atoms with Crippen LogP contribution in [-0.2, 0) is 6.42 Å². The van der Waals surface area contributed by atoms with Gasteiger partial charge in [-0.15, -0.1) is 0 Å². The number of amides is 1. The van der Waals surface area contributed by atoms with Crippen molar-refractivity contribution in [2.45, 2.75) is 58.4 Å². The largest absolute Gasteiger partial charge is 0.335 e. The van der Waals surface area contributed by atoms with Gasteiger partial charge in [0.05, 0.1) is 11.3 Å². The molecule has 2 heterocycles. The Labute approximate surface area is 120 Å². The summed E-state index contributed by atoms with van der Waals surface area (Å²) in [5, 5.41) is 0. The average molecular weight is 273 g/mol. The third kappa shape index (κ3) is 2.32. The number of nitrogens with zero attached hydrogens (tertiary/aromatic N) is 3. The lowest BCUT2D eigenvalue weighted by atomic mass is 9.91. The van der Waals surface area contributed by atoms with E-state index in [0.717, 1.165) is 36.8 Å². The van der Waals surface area contributed by atoms with Gasteiger partial charge in [0.15, 0.2) is 0 Å². The molecule has 108 valence electrons. The summed E-state index contributed by atoms with van der Waals surface area (Å²) in [5.74, 6) is 1.62. The van der Waals surface area contributed by atoms with E-state index in [4.69, 9.17) is 0 Å². The van der Waals surface area contributed by atoms with Crippen LogP contribution in [0.4, 0.5) is 0 Å². The molecule has 1 aromatic rings. The first-order valence-corrected chi connectivity index (χ1v) is 7.84. The summed E-state index contributed by atoms with van der Waals surface area (Å²) in [6.07, 6.45) is 8.67. The van der Waals surface area contributed by atoms with Gasteiger partial charge in [-0.3, -0.25) is 4.79 Å². The molecule has 1 amide bonds. The minimum Gasteiger partial charge on any atom is -0.335 e. The van der Waals surface area contributed by atoms with E-state index in [9.17, 15) is 4.79 Å². The summed E-state index contributed by atoms with van der Waals surface area (Å²) in [6, 6.07) is 0.460. The predicted octanol–water partition coefficient (Wildman–Crippen LogP) is 2.75. The minimum absolute atomic E-state index is 0.151. The quantitative estimate of drug-likeness (QED) is 0.832. The average Bonchev–Trinajstić information content (AvgIpc) is 2.94. The standard InChI is InChI=1S/C16H23N3O/c1-3-14-13(10-17-11(2)18-14)16(20)19-9-5-7-12-6-4-8-15(12)19/h10,12,15H,3-9H2,1-2H3. The number of carbonyl (C=O) groups is 1. The van der Waals surface area contributed by atoms with Gasteiger partial charge in [0.1, 0.15) is 5.82 Å². The van der Waals surface area contributed by atoms with Crippen LogP contribution in [-0.4, -0.2) is 33.4 Å². The van der Waals surface area contributed by atoms with Crippen LogP contribution in [0, 0.1) is 12.8 Å². The fourth-order valence-electron chi connectivity index (χ4n) is 3.83. The molecule has 20 heavy (non-hydrogen) atoms. The van der Waals surface area contributed by atoms with Crippen LogP contribution in [0.3, 0.4) is 0 Å². The maximum Gasteiger partial charge on any atom is 0.257 e. The molecule has 0 N–H and O–H groups in total. The van der Waals surface area contributed by atoms with Crippen LogP contribution in [0.5, 0.6) is 0 Å². The van der Waals surface area contributed by atoms with Crippen molar-refractivity contribution in [2.75, 3.05) is 6.54 Å². The second-order valence-electron chi connectivity index (χ2n) is 6.03. The van der Waals surface area contributed by atoms with Gasteiger partial charge in [-0.05, 0) is 44.9 Å². The second kappa shape index (κ2) is 5.51. The topological polar surface area (TPSA) is 46.1 Å². The number of fused-ring (bicyclic) bond motifs is 1. The van der Waals surface area contributed by atoms with Gasteiger partial charge in [0, 0.05) is 18.8 Å². The van der Waals surface area contributed by atoms with Crippen molar-refractivity contribution in [1.29, 1.82) is 0 Å². The molecule has 4 nitrogen and oxygen atoms in total. The van der Waals surface area contributed by atoms with E-state index in [-0.39, 0.29) is 5.91 Å². The summed E-state index contributed by atoms with van der Waals surface area (Å²) in [4.78, 5) is 23.6. The SMILES string of the molecule is CCc1nc(C)ncc1C(=O)N1CCCC2CCCC21. The van der Waals surface area contributed by atoms with Crippen LogP contribution in [0.15, 0.2) is 6.20 Å². The van der Waals surface area contributed by atoms with E-state index in [1.165, 1.54) is 25.7 Å². The molecular weight excluding hydrogens is 250 g/mol. The van der Waals surface area contributed by atoms with Crippen molar-refractivity contribution in [3.05, 3.63) is 23.3 Å². The van der Waals surface area contributed by atoms with Gasteiger partial charge in [-0.25, -0.2) is 9.97 Å². The van der Waals surface area contributed by atoms with E-state index in [1.807, 2.05) is 13.8 Å². The molecule has 1 aliphatic carbocycles. The van der Waals surface area contributed by atoms with Crippen molar-refractivity contribution in [2.24, 2.45) is 5.92 Å². The maximum atomic E-state index is 12.9. The Morgan fingerprint density at radius 2 is 2.15 bits per heavy atom. The highest BCUT2D eigenvalue weighted by atomic mass is 16.2. The predicted molar refractivity (Wildman–Crippen MR) is 77.5 cm³/mol. The molecule has 0 bridgehead atoms. The Morgan fingerprint density at radius 3 is 2.95 bits per heavy atom. The molecule has 0 spiro atoms. The van der Waals surface area contributed by atoms with Crippen molar-refractivity contribution >= 4 is 5.91 Å². The van der Waals surface area contributed by atoms with Crippen LogP contribution in [0.1, 0.15) is 60.9 Å². The highest BCUT2D eigenvalue weighted by Crippen LogP contribution is 2.37. The lowest BCUT2D eigenvalue weighted by molar-refractivity contribution is 0.0546. The van der Waals surface area contributed by atoms with Gasteiger partial charge in [0.2, 0.25) is 0 Å². The zero-order chi connectivity index (χ0) is 14.1. The second-order valence-corrected chi connectivity index (χ2v) is 6.03. The summed E-state index contributed by atoms with van der Waals surface area (Å²) >= 11 is 0. The van der Waals surface area contributed by atoms with Crippen LogP contribution >= 0.6 is 0 Å². The smallest absolute Gasteiger partial charge is 0.257 e. The Bertz CT molecular complexity index is 514. The highest BCUT2D eigenvalue weighted by molar-refractivity contribution is 5.95. The molecular formula is C16H23N3O. The molecule has 0 aromatic carbocycles. The van der Waals surface area contributed by atoms with Gasteiger partial charge in [0.25, 0.3) is 5.91 Å². The molecule has 4 heteroatoms. The molecule has 1 aromatic heterocycles. The first kappa shape index (κ1) is 13.5. The number of aryl methyl sites for hydroxylation is 2. The lowest BCUT2D eigenvalue weighted by Gasteiger charge is -2.38. The van der Waals surface area contributed by atoms with E-state index < -0.39 is 0 Å². The number of aromatic nitrogens is 2. The van der Waals surface area contributed by atoms with Gasteiger partial charge in [-0.2, -0.15) is 0 Å². The Morgan fingerprint density at radius 1 is 1.35 bits per heavy atom. The van der Waals surface area contributed by atoms with Crippen LogP contribution < -0.4 is 0 Å². The van der Waals surface area contributed by atoms with Gasteiger partial charge >= 0.3 is 0 Å². The van der Waals surface area contributed by atoms with E-state index in [2.05, 4.69) is 14.9 Å². The van der Waals surface area contributed by atoms with E-state index in [1.54, 1.807) is 6.20 Å². The molecule has 2 aliphatic rings. The van der Waals surface area contributed by atoms with E-state index >= 15 is 0 Å². The zero-order valence-corrected chi connectivity index (χ0v) is 12.4. The van der Waals surface area contributed by atoms with Crippen molar-refractivity contribution in [3.8, 4) is 0 Å². The number of rotatable bonds is 2. The fraction of sp³-hybridized carbons (Fsp3) is 0.688. The third-order valence-corrected chi connectivity index (χ3v) is 4.81. The normalized spacial score (nSPS) is 25.6. The third-order valence-electron chi connectivity index (χ3n) is 4.81. The number of carbonyl (C=O) groups excluding carboxylic acids is 1. The Kier molecular flexibility index (Phi) is 3.72. The number of hydrogen-bond donors (Lipinski definition) is 0. The number of piperidine rings is 1. The molecule has 3 rings (SSSR count). The molecule has 2 atom stereocenters. The molecule has 2 fully saturated rings. The summed E-state index contributed by atoms with van der Waals surface area (Å²) in [5.41, 5.74) is 1.60. The molecule has 1 aliphatic heterocycles. The molecule has 0 radical (unpaired) electrons. The Hall–Kier alpha value is -1.45. The van der Waals surface area contributed by atoms with Gasteiger partial charge in [-0.1, -0.05) is 13.3 Å².